The fourth-order valence-corrected chi connectivity index (χ4v) is 1.83. The van der Waals surface area contributed by atoms with E-state index in [-0.39, 0.29) is 0 Å². The zero-order valence-corrected chi connectivity index (χ0v) is 10.5. The molecule has 0 aliphatic carbocycles. The molecule has 0 aliphatic heterocycles. The minimum atomic E-state index is -0.508. The zero-order valence-electron chi connectivity index (χ0n) is 10.5. The molecule has 96 valence electrons. The van der Waals surface area contributed by atoms with E-state index in [0.717, 1.165) is 23.0 Å². The van der Waals surface area contributed by atoms with Crippen LogP contribution in [-0.4, -0.2) is 36.9 Å². The van der Waals surface area contributed by atoms with Crippen molar-refractivity contribution in [3.8, 4) is 0 Å². The van der Waals surface area contributed by atoms with Crippen molar-refractivity contribution in [3.05, 3.63) is 42.1 Å². The molecule has 4 nitrogen and oxygen atoms in total. The summed E-state index contributed by atoms with van der Waals surface area (Å²) in [5.74, 6) is 0. The van der Waals surface area contributed by atoms with Gasteiger partial charge in [0, 0.05) is 31.8 Å². The van der Waals surface area contributed by atoms with E-state index >= 15 is 0 Å². The molecule has 1 aromatic carbocycles. The van der Waals surface area contributed by atoms with Crippen LogP contribution in [0.25, 0.3) is 10.9 Å². The summed E-state index contributed by atoms with van der Waals surface area (Å²) < 4.78 is 4.93. The van der Waals surface area contributed by atoms with Crippen LogP contribution in [-0.2, 0) is 4.74 Å². The maximum atomic E-state index is 10.1. The molecule has 0 amide bonds. The van der Waals surface area contributed by atoms with E-state index in [0.29, 0.717) is 13.2 Å². The van der Waals surface area contributed by atoms with Crippen LogP contribution >= 0.6 is 0 Å². The largest absolute Gasteiger partial charge is 0.387 e. The van der Waals surface area contributed by atoms with Crippen molar-refractivity contribution in [3.63, 3.8) is 0 Å². The Morgan fingerprint density at radius 1 is 1.39 bits per heavy atom. The van der Waals surface area contributed by atoms with Crippen molar-refractivity contribution < 1.29 is 9.84 Å². The molecule has 0 bridgehead atoms. The molecule has 4 heteroatoms. The first kappa shape index (κ1) is 13.0. The molecule has 0 spiro atoms. The van der Waals surface area contributed by atoms with Gasteiger partial charge in [-0.3, -0.25) is 4.98 Å². The number of aromatic nitrogens is 1. The fraction of sp³-hybridized carbons (Fsp3) is 0.357. The van der Waals surface area contributed by atoms with Crippen LogP contribution in [0.1, 0.15) is 11.7 Å². The number of ether oxygens (including phenoxy) is 1. The van der Waals surface area contributed by atoms with Crippen LogP contribution in [0.4, 0.5) is 0 Å². The quantitative estimate of drug-likeness (QED) is 0.758. The summed E-state index contributed by atoms with van der Waals surface area (Å²) in [5, 5.41) is 14.2. The molecule has 1 atom stereocenters. The van der Waals surface area contributed by atoms with Gasteiger partial charge in [-0.15, -0.1) is 0 Å². The van der Waals surface area contributed by atoms with Crippen molar-refractivity contribution >= 4 is 10.9 Å². The second kappa shape index (κ2) is 6.44. The Labute approximate surface area is 107 Å². The molecule has 2 N–H and O–H groups in total. The predicted octanol–water partition coefficient (Wildman–Crippen LogP) is 1.50. The van der Waals surface area contributed by atoms with Crippen LogP contribution in [0.5, 0.6) is 0 Å². The molecule has 0 fully saturated rings. The van der Waals surface area contributed by atoms with Gasteiger partial charge in [-0.25, -0.2) is 0 Å². The zero-order chi connectivity index (χ0) is 12.8. The summed E-state index contributed by atoms with van der Waals surface area (Å²) in [6.07, 6.45) is 1.26. The third-order valence-corrected chi connectivity index (χ3v) is 2.83. The van der Waals surface area contributed by atoms with Crippen LogP contribution in [0, 0.1) is 0 Å². The lowest BCUT2D eigenvalue weighted by molar-refractivity contribution is 0.161. The number of hydrogen-bond acceptors (Lipinski definition) is 4. The molecular formula is C14H18N2O2. The molecule has 1 aromatic heterocycles. The maximum Gasteiger partial charge on any atom is 0.0914 e. The van der Waals surface area contributed by atoms with Crippen LogP contribution in [0.3, 0.4) is 0 Å². The van der Waals surface area contributed by atoms with Gasteiger partial charge in [0.2, 0.25) is 0 Å². The average molecular weight is 246 g/mol. The highest BCUT2D eigenvalue weighted by atomic mass is 16.5. The van der Waals surface area contributed by atoms with Gasteiger partial charge >= 0.3 is 0 Å². The first-order valence-electron chi connectivity index (χ1n) is 6.03. The van der Waals surface area contributed by atoms with Crippen molar-refractivity contribution in [2.75, 3.05) is 26.8 Å². The van der Waals surface area contributed by atoms with E-state index in [1.165, 1.54) is 0 Å². The van der Waals surface area contributed by atoms with Gasteiger partial charge in [0.15, 0.2) is 0 Å². The van der Waals surface area contributed by atoms with Gasteiger partial charge < -0.3 is 15.2 Å². The number of hydrogen-bond donors (Lipinski definition) is 2. The molecule has 1 unspecified atom stereocenters. The number of methoxy groups -OCH3 is 1. The number of aliphatic hydroxyl groups is 1. The Hall–Kier alpha value is -1.49. The van der Waals surface area contributed by atoms with Gasteiger partial charge in [-0.1, -0.05) is 12.1 Å². The van der Waals surface area contributed by atoms with E-state index in [1.807, 2.05) is 30.3 Å². The van der Waals surface area contributed by atoms with Gasteiger partial charge in [-0.2, -0.15) is 0 Å². The number of aliphatic hydroxyl groups excluding tert-OH is 1. The lowest BCUT2D eigenvalue weighted by atomic mass is 10.1. The number of pyridine rings is 1. The smallest absolute Gasteiger partial charge is 0.0914 e. The Morgan fingerprint density at radius 3 is 3.11 bits per heavy atom. The molecule has 0 aliphatic rings. The maximum absolute atomic E-state index is 10.1. The lowest BCUT2D eigenvalue weighted by Crippen LogP contribution is -2.24. The highest BCUT2D eigenvalue weighted by Crippen LogP contribution is 2.18. The fourth-order valence-electron chi connectivity index (χ4n) is 1.83. The number of fused-ring (bicyclic) bond motifs is 1. The first-order chi connectivity index (χ1) is 8.81. The average Bonchev–Trinajstić information content (AvgIpc) is 2.43. The van der Waals surface area contributed by atoms with Crippen molar-refractivity contribution in [2.24, 2.45) is 0 Å². The van der Waals surface area contributed by atoms with E-state index in [1.54, 1.807) is 13.3 Å². The topological polar surface area (TPSA) is 54.4 Å². The van der Waals surface area contributed by atoms with Gasteiger partial charge in [0.05, 0.1) is 18.2 Å². The number of benzene rings is 1. The third kappa shape index (κ3) is 3.26. The summed E-state index contributed by atoms with van der Waals surface area (Å²) in [7, 11) is 1.66. The monoisotopic (exact) mass is 246 g/mol. The number of nitrogens with one attached hydrogen (secondary N) is 1. The Kier molecular flexibility index (Phi) is 4.64. The van der Waals surface area contributed by atoms with Gasteiger partial charge in [0.1, 0.15) is 0 Å². The van der Waals surface area contributed by atoms with E-state index in [4.69, 9.17) is 4.74 Å². The normalized spacial score (nSPS) is 12.8. The minimum absolute atomic E-state index is 0.508. The number of nitrogens with zero attached hydrogens (tertiary/aromatic N) is 1. The summed E-state index contributed by atoms with van der Waals surface area (Å²) in [6.45, 7) is 1.91. The molecule has 0 saturated heterocycles. The van der Waals surface area contributed by atoms with Crippen molar-refractivity contribution in [1.82, 2.24) is 10.3 Å². The molecule has 1 heterocycles. The standard InChI is InChI=1S/C14H18N2O2/c1-18-8-7-15-10-14(17)12-4-5-13-11(9-12)3-2-6-16-13/h2-6,9,14-15,17H,7-8,10H2,1H3. The summed E-state index contributed by atoms with van der Waals surface area (Å²) in [6, 6.07) is 9.72. The molecule has 0 saturated carbocycles. The molecular weight excluding hydrogens is 228 g/mol. The third-order valence-electron chi connectivity index (χ3n) is 2.83. The summed E-state index contributed by atoms with van der Waals surface area (Å²) in [4.78, 5) is 4.25. The molecule has 2 rings (SSSR count). The van der Waals surface area contributed by atoms with E-state index in [2.05, 4.69) is 10.3 Å². The molecule has 18 heavy (non-hydrogen) atoms. The van der Waals surface area contributed by atoms with Crippen LogP contribution in [0.2, 0.25) is 0 Å². The minimum Gasteiger partial charge on any atom is -0.387 e. The van der Waals surface area contributed by atoms with Crippen molar-refractivity contribution in [2.45, 2.75) is 6.10 Å². The highest BCUT2D eigenvalue weighted by Gasteiger charge is 2.07. The second-order valence-corrected chi connectivity index (χ2v) is 4.17. The first-order valence-corrected chi connectivity index (χ1v) is 6.03. The van der Waals surface area contributed by atoms with Crippen LogP contribution < -0.4 is 5.32 Å². The van der Waals surface area contributed by atoms with Gasteiger partial charge in [0.25, 0.3) is 0 Å². The van der Waals surface area contributed by atoms with E-state index in [9.17, 15) is 5.11 Å². The Morgan fingerprint density at radius 2 is 2.28 bits per heavy atom. The van der Waals surface area contributed by atoms with Crippen LogP contribution in [0.15, 0.2) is 36.5 Å². The lowest BCUT2D eigenvalue weighted by Gasteiger charge is -2.12. The van der Waals surface area contributed by atoms with E-state index < -0.39 is 6.10 Å². The highest BCUT2D eigenvalue weighted by molar-refractivity contribution is 5.79. The van der Waals surface area contributed by atoms with Crippen molar-refractivity contribution in [1.29, 1.82) is 0 Å². The Balaban J connectivity index is 2.01. The predicted molar refractivity (Wildman–Crippen MR) is 71.4 cm³/mol. The number of rotatable bonds is 6. The van der Waals surface area contributed by atoms with Gasteiger partial charge in [-0.05, 0) is 23.8 Å². The summed E-state index contributed by atoms with van der Waals surface area (Å²) >= 11 is 0. The Bertz CT molecular complexity index is 502. The SMILES string of the molecule is COCCNCC(O)c1ccc2ncccc2c1. The molecule has 0 radical (unpaired) electrons. The molecule has 2 aromatic rings. The second-order valence-electron chi connectivity index (χ2n) is 4.17. The summed E-state index contributed by atoms with van der Waals surface area (Å²) in [5.41, 5.74) is 1.85.